The van der Waals surface area contributed by atoms with E-state index in [2.05, 4.69) is 10.3 Å². The van der Waals surface area contributed by atoms with E-state index >= 15 is 0 Å². The first-order valence-corrected chi connectivity index (χ1v) is 5.00. The van der Waals surface area contributed by atoms with Gasteiger partial charge < -0.3 is 5.32 Å². The van der Waals surface area contributed by atoms with Crippen LogP contribution < -0.4 is 5.32 Å². The van der Waals surface area contributed by atoms with Crippen LogP contribution in [0.1, 0.15) is 12.5 Å². The smallest absolute Gasteiger partial charge is 0.369 e. The summed E-state index contributed by atoms with van der Waals surface area (Å²) in [6.07, 6.45) is -3.16. The molecule has 6 heteroatoms. The first-order chi connectivity index (χ1) is 6.46. The minimum absolute atomic E-state index is 0.111. The van der Waals surface area contributed by atoms with Gasteiger partial charge in [-0.3, -0.25) is 0 Å². The van der Waals surface area contributed by atoms with Gasteiger partial charge in [0.05, 0.1) is 9.13 Å². The molecule has 0 saturated carbocycles. The van der Waals surface area contributed by atoms with Gasteiger partial charge in [-0.15, -0.1) is 0 Å². The fourth-order valence-corrected chi connectivity index (χ4v) is 1.77. The Kier molecular flexibility index (Phi) is 3.57. The summed E-state index contributed by atoms with van der Waals surface area (Å²) in [5, 5.41) is 2.77. The van der Waals surface area contributed by atoms with Crippen LogP contribution in [0.25, 0.3) is 0 Å². The van der Waals surface area contributed by atoms with Crippen molar-refractivity contribution in [1.29, 1.82) is 0 Å². The van der Waals surface area contributed by atoms with E-state index in [1.165, 1.54) is 0 Å². The molecule has 0 fully saturated rings. The van der Waals surface area contributed by atoms with Gasteiger partial charge >= 0.3 is 6.18 Å². The highest BCUT2D eigenvalue weighted by Gasteiger charge is 2.33. The summed E-state index contributed by atoms with van der Waals surface area (Å²) < 4.78 is 37.3. The number of rotatable bonds is 2. The Morgan fingerprint density at radius 1 is 1.50 bits per heavy atom. The van der Waals surface area contributed by atoms with E-state index < -0.39 is 11.7 Å². The molecule has 0 unspecified atom stereocenters. The standard InChI is InChI=1S/C8H8F3IN2/c1-2-13-7-6(12)5(3-4-14-7)8(9,10)11/h3-4H,2H2,1H3,(H,13,14). The van der Waals surface area contributed by atoms with Crippen molar-refractivity contribution < 1.29 is 13.2 Å². The number of aromatic nitrogens is 1. The zero-order chi connectivity index (χ0) is 10.8. The van der Waals surface area contributed by atoms with Crippen molar-refractivity contribution in [3.8, 4) is 0 Å². The van der Waals surface area contributed by atoms with Gasteiger partial charge in [0.2, 0.25) is 0 Å². The summed E-state index contributed by atoms with van der Waals surface area (Å²) in [6, 6.07) is 0.975. The van der Waals surface area contributed by atoms with Crippen LogP contribution in [0.5, 0.6) is 0 Å². The van der Waals surface area contributed by atoms with E-state index in [1.54, 1.807) is 29.5 Å². The molecule has 0 aromatic carbocycles. The summed E-state index contributed by atoms with van der Waals surface area (Å²) >= 11 is 1.64. The number of nitrogens with one attached hydrogen (secondary N) is 1. The SMILES string of the molecule is CCNc1nccc(C(F)(F)F)c1I. The van der Waals surface area contributed by atoms with Crippen molar-refractivity contribution in [2.75, 3.05) is 11.9 Å². The molecule has 0 atom stereocenters. The van der Waals surface area contributed by atoms with E-state index in [0.717, 1.165) is 12.3 Å². The fraction of sp³-hybridized carbons (Fsp3) is 0.375. The molecule has 0 spiro atoms. The van der Waals surface area contributed by atoms with Crippen molar-refractivity contribution in [3.05, 3.63) is 21.4 Å². The van der Waals surface area contributed by atoms with Crippen molar-refractivity contribution in [2.45, 2.75) is 13.1 Å². The van der Waals surface area contributed by atoms with Crippen LogP contribution in [0.15, 0.2) is 12.3 Å². The summed E-state index contributed by atoms with van der Waals surface area (Å²) in [5.41, 5.74) is -0.649. The predicted octanol–water partition coefficient (Wildman–Crippen LogP) is 3.14. The number of alkyl halides is 3. The Hall–Kier alpha value is -0.530. The van der Waals surface area contributed by atoms with Gasteiger partial charge in [0.25, 0.3) is 0 Å². The average Bonchev–Trinajstić information content (AvgIpc) is 2.07. The zero-order valence-corrected chi connectivity index (χ0v) is 9.48. The summed E-state index contributed by atoms with van der Waals surface area (Å²) in [4.78, 5) is 3.82. The predicted molar refractivity (Wildman–Crippen MR) is 56.1 cm³/mol. The lowest BCUT2D eigenvalue weighted by atomic mass is 10.2. The highest BCUT2D eigenvalue weighted by molar-refractivity contribution is 14.1. The normalized spacial score (nSPS) is 11.5. The zero-order valence-electron chi connectivity index (χ0n) is 7.32. The fourth-order valence-electron chi connectivity index (χ4n) is 0.953. The van der Waals surface area contributed by atoms with Crippen molar-refractivity contribution in [1.82, 2.24) is 4.98 Å². The van der Waals surface area contributed by atoms with E-state index in [-0.39, 0.29) is 9.39 Å². The molecule has 1 aromatic rings. The Labute approximate surface area is 93.1 Å². The van der Waals surface area contributed by atoms with Crippen LogP contribution in [0.4, 0.5) is 19.0 Å². The monoisotopic (exact) mass is 316 g/mol. The second-order valence-electron chi connectivity index (χ2n) is 2.55. The molecule has 0 radical (unpaired) electrons. The minimum Gasteiger partial charge on any atom is -0.369 e. The van der Waals surface area contributed by atoms with E-state index in [9.17, 15) is 13.2 Å². The number of hydrogen-bond donors (Lipinski definition) is 1. The molecule has 0 amide bonds. The van der Waals surface area contributed by atoms with E-state index in [0.29, 0.717) is 6.54 Å². The molecule has 0 aliphatic carbocycles. The van der Waals surface area contributed by atoms with E-state index in [4.69, 9.17) is 0 Å². The van der Waals surface area contributed by atoms with Gasteiger partial charge in [0, 0.05) is 12.7 Å². The van der Waals surface area contributed by atoms with E-state index in [1.807, 2.05) is 0 Å². The lowest BCUT2D eigenvalue weighted by Crippen LogP contribution is -2.11. The minimum atomic E-state index is -4.32. The third-order valence-corrected chi connectivity index (χ3v) is 2.63. The van der Waals surface area contributed by atoms with Crippen molar-refractivity contribution in [3.63, 3.8) is 0 Å². The lowest BCUT2D eigenvalue weighted by Gasteiger charge is -2.11. The number of nitrogens with zero attached hydrogens (tertiary/aromatic N) is 1. The van der Waals surface area contributed by atoms with Crippen molar-refractivity contribution >= 4 is 28.4 Å². The van der Waals surface area contributed by atoms with Gasteiger partial charge in [-0.2, -0.15) is 13.2 Å². The van der Waals surface area contributed by atoms with Gasteiger partial charge in [-0.05, 0) is 35.6 Å². The first-order valence-electron chi connectivity index (χ1n) is 3.92. The molecule has 2 nitrogen and oxygen atoms in total. The van der Waals surface area contributed by atoms with Gasteiger partial charge in [0.15, 0.2) is 0 Å². The topological polar surface area (TPSA) is 24.9 Å². The molecule has 1 rings (SSSR count). The quantitative estimate of drug-likeness (QED) is 0.848. The maximum absolute atomic E-state index is 12.4. The number of anilines is 1. The molecule has 78 valence electrons. The Balaban J connectivity index is 3.14. The van der Waals surface area contributed by atoms with Crippen LogP contribution in [-0.4, -0.2) is 11.5 Å². The molecule has 0 aliphatic heterocycles. The Morgan fingerprint density at radius 2 is 2.14 bits per heavy atom. The van der Waals surface area contributed by atoms with Crippen LogP contribution >= 0.6 is 22.6 Å². The average molecular weight is 316 g/mol. The van der Waals surface area contributed by atoms with Gasteiger partial charge in [-0.25, -0.2) is 4.98 Å². The Morgan fingerprint density at radius 3 is 2.64 bits per heavy atom. The van der Waals surface area contributed by atoms with Crippen molar-refractivity contribution in [2.24, 2.45) is 0 Å². The Bertz CT molecular complexity index is 325. The maximum atomic E-state index is 12.4. The number of hydrogen-bond acceptors (Lipinski definition) is 2. The second kappa shape index (κ2) is 4.33. The van der Waals surface area contributed by atoms with Gasteiger partial charge in [0.1, 0.15) is 5.82 Å². The second-order valence-corrected chi connectivity index (χ2v) is 3.63. The van der Waals surface area contributed by atoms with Crippen LogP contribution in [-0.2, 0) is 6.18 Å². The number of halogens is 4. The molecule has 1 N–H and O–H groups in total. The highest BCUT2D eigenvalue weighted by atomic mass is 127. The van der Waals surface area contributed by atoms with Gasteiger partial charge in [-0.1, -0.05) is 0 Å². The number of pyridine rings is 1. The van der Waals surface area contributed by atoms with Crippen LogP contribution in [0.2, 0.25) is 0 Å². The molecule has 1 aromatic heterocycles. The highest BCUT2D eigenvalue weighted by Crippen LogP contribution is 2.34. The third-order valence-electron chi connectivity index (χ3n) is 1.54. The molecule has 0 aliphatic rings. The van der Waals surface area contributed by atoms with Crippen LogP contribution in [0.3, 0.4) is 0 Å². The first kappa shape index (κ1) is 11.5. The molecule has 14 heavy (non-hydrogen) atoms. The molecule has 1 heterocycles. The maximum Gasteiger partial charge on any atom is 0.417 e. The molecule has 0 saturated heterocycles. The summed E-state index contributed by atoms with van der Waals surface area (Å²) in [5.74, 6) is 0.280. The largest absolute Gasteiger partial charge is 0.417 e. The summed E-state index contributed by atoms with van der Waals surface area (Å²) in [6.45, 7) is 2.35. The molecule has 0 bridgehead atoms. The van der Waals surface area contributed by atoms with Crippen LogP contribution in [0, 0.1) is 3.57 Å². The summed E-state index contributed by atoms with van der Waals surface area (Å²) in [7, 11) is 0. The third kappa shape index (κ3) is 2.49. The molecular weight excluding hydrogens is 308 g/mol. The molecular formula is C8H8F3IN2. The lowest BCUT2D eigenvalue weighted by molar-refractivity contribution is -0.138.